The number of rotatable bonds is 1. The summed E-state index contributed by atoms with van der Waals surface area (Å²) in [5.41, 5.74) is 3.24. The fraction of sp³-hybridized carbons (Fsp3) is 0.368. The van der Waals surface area contributed by atoms with Crippen molar-refractivity contribution in [3.8, 4) is 5.69 Å². The van der Waals surface area contributed by atoms with Crippen LogP contribution in [0.2, 0.25) is 0 Å². The van der Waals surface area contributed by atoms with Gasteiger partial charge in [0, 0.05) is 4.88 Å². The van der Waals surface area contributed by atoms with Gasteiger partial charge in [0.1, 0.15) is 4.83 Å². The van der Waals surface area contributed by atoms with Crippen LogP contribution in [0.4, 0.5) is 0 Å². The van der Waals surface area contributed by atoms with E-state index in [0.29, 0.717) is 4.77 Å². The summed E-state index contributed by atoms with van der Waals surface area (Å²) in [6.45, 7) is 2.03. The van der Waals surface area contributed by atoms with Crippen LogP contribution in [0.15, 0.2) is 29.1 Å². The number of aromatic nitrogens is 2. The summed E-state index contributed by atoms with van der Waals surface area (Å²) in [5.74, 6) is 0. The van der Waals surface area contributed by atoms with Gasteiger partial charge in [-0.15, -0.1) is 11.3 Å². The van der Waals surface area contributed by atoms with E-state index in [-0.39, 0.29) is 5.56 Å². The number of nitrogens with zero attached hydrogens (tertiary/aromatic N) is 1. The molecule has 1 aromatic carbocycles. The first-order valence-electron chi connectivity index (χ1n) is 8.52. The molecule has 0 atom stereocenters. The van der Waals surface area contributed by atoms with Crippen LogP contribution in [-0.4, -0.2) is 9.55 Å². The summed E-state index contributed by atoms with van der Waals surface area (Å²) in [6.07, 6.45) is 7.01. The van der Waals surface area contributed by atoms with Gasteiger partial charge in [-0.2, -0.15) is 0 Å². The van der Waals surface area contributed by atoms with Crippen LogP contribution in [0.3, 0.4) is 0 Å². The van der Waals surface area contributed by atoms with Gasteiger partial charge in [-0.1, -0.05) is 25.0 Å². The lowest BCUT2D eigenvalue weighted by Crippen LogP contribution is -2.21. The SMILES string of the molecule is Cc1cccc(-n2c(=S)[nH]c3sc4c(c3c2=O)CCCCCC4)c1. The van der Waals surface area contributed by atoms with Crippen molar-refractivity contribution in [3.05, 3.63) is 55.4 Å². The van der Waals surface area contributed by atoms with Crippen molar-refractivity contribution in [3.63, 3.8) is 0 Å². The van der Waals surface area contributed by atoms with Gasteiger partial charge >= 0.3 is 0 Å². The van der Waals surface area contributed by atoms with Gasteiger partial charge in [0.25, 0.3) is 5.56 Å². The highest BCUT2D eigenvalue weighted by Gasteiger charge is 2.19. The Hall–Kier alpha value is -1.72. The van der Waals surface area contributed by atoms with Crippen molar-refractivity contribution in [1.82, 2.24) is 9.55 Å². The van der Waals surface area contributed by atoms with Gasteiger partial charge in [0.15, 0.2) is 4.77 Å². The molecule has 2 aromatic heterocycles. The fourth-order valence-corrected chi connectivity index (χ4v) is 5.23. The van der Waals surface area contributed by atoms with Gasteiger partial charge in [-0.25, -0.2) is 0 Å². The van der Waals surface area contributed by atoms with Crippen LogP contribution >= 0.6 is 23.6 Å². The van der Waals surface area contributed by atoms with Crippen molar-refractivity contribution in [1.29, 1.82) is 0 Å². The van der Waals surface area contributed by atoms with E-state index in [4.69, 9.17) is 12.2 Å². The third-order valence-corrected chi connectivity index (χ3v) is 6.26. The van der Waals surface area contributed by atoms with E-state index in [9.17, 15) is 4.79 Å². The lowest BCUT2D eigenvalue weighted by molar-refractivity contribution is 0.623. The zero-order chi connectivity index (χ0) is 16.7. The van der Waals surface area contributed by atoms with Crippen LogP contribution in [0.25, 0.3) is 15.9 Å². The molecule has 0 radical (unpaired) electrons. The van der Waals surface area contributed by atoms with Crippen LogP contribution in [0.5, 0.6) is 0 Å². The summed E-state index contributed by atoms with van der Waals surface area (Å²) >= 11 is 7.22. The van der Waals surface area contributed by atoms with E-state index in [1.165, 1.54) is 36.1 Å². The molecule has 0 aliphatic heterocycles. The first kappa shape index (κ1) is 15.8. The monoisotopic (exact) mass is 356 g/mol. The largest absolute Gasteiger partial charge is 0.323 e. The Bertz CT molecular complexity index is 1030. The summed E-state index contributed by atoms with van der Waals surface area (Å²) in [7, 11) is 0. The number of hydrogen-bond donors (Lipinski definition) is 1. The second-order valence-electron chi connectivity index (χ2n) is 6.53. The van der Waals surface area contributed by atoms with E-state index in [1.807, 2.05) is 31.2 Å². The third-order valence-electron chi connectivity index (χ3n) is 4.77. The molecule has 0 unspecified atom stereocenters. The van der Waals surface area contributed by atoms with E-state index in [2.05, 4.69) is 4.98 Å². The number of fused-ring (bicyclic) bond motifs is 3. The molecule has 3 nitrogen and oxygen atoms in total. The van der Waals surface area contributed by atoms with E-state index < -0.39 is 0 Å². The molecule has 124 valence electrons. The highest BCUT2D eigenvalue weighted by Crippen LogP contribution is 2.32. The van der Waals surface area contributed by atoms with E-state index in [0.717, 1.165) is 34.3 Å². The highest BCUT2D eigenvalue weighted by molar-refractivity contribution is 7.71. The molecule has 1 N–H and O–H groups in total. The normalized spacial score (nSPS) is 15.0. The maximum Gasteiger partial charge on any atom is 0.267 e. The van der Waals surface area contributed by atoms with Gasteiger partial charge in [-0.05, 0) is 68.1 Å². The molecule has 4 rings (SSSR count). The van der Waals surface area contributed by atoms with Crippen molar-refractivity contribution < 1.29 is 0 Å². The molecule has 0 saturated carbocycles. The number of aryl methyl sites for hydroxylation is 3. The fourth-order valence-electron chi connectivity index (χ4n) is 3.59. The number of H-pyrrole nitrogens is 1. The molecule has 2 heterocycles. The molecule has 0 fully saturated rings. The van der Waals surface area contributed by atoms with Crippen LogP contribution in [0, 0.1) is 11.7 Å². The van der Waals surface area contributed by atoms with Gasteiger partial charge in [0.2, 0.25) is 0 Å². The number of thiophene rings is 1. The molecule has 5 heteroatoms. The molecule has 0 amide bonds. The topological polar surface area (TPSA) is 37.8 Å². The first-order chi connectivity index (χ1) is 11.6. The smallest absolute Gasteiger partial charge is 0.267 e. The van der Waals surface area contributed by atoms with Crippen molar-refractivity contribution in [2.75, 3.05) is 0 Å². The predicted molar refractivity (Wildman–Crippen MR) is 103 cm³/mol. The Morgan fingerprint density at radius 1 is 1.17 bits per heavy atom. The lowest BCUT2D eigenvalue weighted by Gasteiger charge is -2.10. The predicted octanol–water partition coefficient (Wildman–Crippen LogP) is 5.08. The standard InChI is InChI=1S/C19H20N2OS2/c1-12-7-6-8-13(11-12)21-18(22)16-14-9-4-2-3-5-10-15(14)24-17(16)20-19(21)23/h6-8,11H,2-5,9-10H2,1H3,(H,20,23). The van der Waals surface area contributed by atoms with Crippen molar-refractivity contribution >= 4 is 33.8 Å². The quantitative estimate of drug-likeness (QED) is 0.618. The second kappa shape index (κ2) is 6.30. The number of nitrogens with one attached hydrogen (secondary N) is 1. The first-order valence-corrected chi connectivity index (χ1v) is 9.74. The Kier molecular flexibility index (Phi) is 4.14. The molecule has 0 spiro atoms. The third kappa shape index (κ3) is 2.66. The average molecular weight is 357 g/mol. The Labute approximate surface area is 150 Å². The number of hydrogen-bond acceptors (Lipinski definition) is 3. The van der Waals surface area contributed by atoms with Crippen LogP contribution in [0.1, 0.15) is 41.7 Å². The molecular formula is C19H20N2OS2. The van der Waals surface area contributed by atoms with E-state index >= 15 is 0 Å². The molecular weight excluding hydrogens is 336 g/mol. The number of aromatic amines is 1. The minimum absolute atomic E-state index is 0.0254. The van der Waals surface area contributed by atoms with Gasteiger partial charge in [0.05, 0.1) is 11.1 Å². The van der Waals surface area contributed by atoms with Crippen molar-refractivity contribution in [2.24, 2.45) is 0 Å². The Morgan fingerprint density at radius 2 is 1.96 bits per heavy atom. The molecule has 0 bridgehead atoms. The molecule has 1 aliphatic rings. The molecule has 0 saturated heterocycles. The van der Waals surface area contributed by atoms with Crippen molar-refractivity contribution in [2.45, 2.75) is 45.4 Å². The summed E-state index contributed by atoms with van der Waals surface area (Å²) in [5, 5.41) is 0.854. The van der Waals surface area contributed by atoms with Crippen LogP contribution < -0.4 is 5.56 Å². The zero-order valence-corrected chi connectivity index (χ0v) is 15.4. The van der Waals surface area contributed by atoms with Gasteiger partial charge in [-0.3, -0.25) is 9.36 Å². The zero-order valence-electron chi connectivity index (χ0n) is 13.7. The molecule has 3 aromatic rings. The average Bonchev–Trinajstić information content (AvgIpc) is 2.84. The molecule has 1 aliphatic carbocycles. The minimum Gasteiger partial charge on any atom is -0.323 e. The molecule has 24 heavy (non-hydrogen) atoms. The highest BCUT2D eigenvalue weighted by atomic mass is 32.1. The Balaban J connectivity index is 2.01. The van der Waals surface area contributed by atoms with Gasteiger partial charge < -0.3 is 4.98 Å². The van der Waals surface area contributed by atoms with Crippen LogP contribution in [-0.2, 0) is 12.8 Å². The minimum atomic E-state index is 0.0254. The summed E-state index contributed by atoms with van der Waals surface area (Å²) < 4.78 is 2.13. The number of benzene rings is 1. The second-order valence-corrected chi connectivity index (χ2v) is 8.02. The summed E-state index contributed by atoms with van der Waals surface area (Å²) in [4.78, 5) is 18.9. The Morgan fingerprint density at radius 3 is 2.75 bits per heavy atom. The van der Waals surface area contributed by atoms with E-state index in [1.54, 1.807) is 15.9 Å². The maximum atomic E-state index is 13.3. The lowest BCUT2D eigenvalue weighted by atomic mass is 9.98. The maximum absolute atomic E-state index is 13.3. The summed E-state index contributed by atoms with van der Waals surface area (Å²) in [6, 6.07) is 7.95.